The SMILES string of the molecule is C=C/C=C(\C)N(C(=C)/C=C\C)c1cccc(-c2ccc3c(c2)CC3)c1. The summed E-state index contributed by atoms with van der Waals surface area (Å²) in [6.07, 6.45) is 10.3. The molecule has 0 aliphatic heterocycles. The molecule has 0 radical (unpaired) electrons. The van der Waals surface area contributed by atoms with Gasteiger partial charge in [0.25, 0.3) is 0 Å². The van der Waals surface area contributed by atoms with Crippen LogP contribution in [0.4, 0.5) is 5.69 Å². The van der Waals surface area contributed by atoms with Crippen molar-refractivity contribution >= 4 is 5.69 Å². The van der Waals surface area contributed by atoms with Gasteiger partial charge >= 0.3 is 0 Å². The summed E-state index contributed by atoms with van der Waals surface area (Å²) in [5, 5.41) is 0. The van der Waals surface area contributed by atoms with Crippen molar-refractivity contribution in [2.24, 2.45) is 0 Å². The summed E-state index contributed by atoms with van der Waals surface area (Å²) in [6.45, 7) is 12.1. The van der Waals surface area contributed by atoms with E-state index in [9.17, 15) is 0 Å². The van der Waals surface area contributed by atoms with E-state index in [0.717, 1.165) is 17.1 Å². The maximum atomic E-state index is 4.23. The number of benzene rings is 2. The van der Waals surface area contributed by atoms with Crippen LogP contribution in [0.25, 0.3) is 11.1 Å². The van der Waals surface area contributed by atoms with Crippen molar-refractivity contribution < 1.29 is 0 Å². The molecular formula is C24H25N. The Morgan fingerprint density at radius 2 is 1.80 bits per heavy atom. The summed E-state index contributed by atoms with van der Waals surface area (Å²) < 4.78 is 0. The predicted molar refractivity (Wildman–Crippen MR) is 110 cm³/mol. The van der Waals surface area contributed by atoms with E-state index in [4.69, 9.17) is 0 Å². The maximum Gasteiger partial charge on any atom is 0.0464 e. The van der Waals surface area contributed by atoms with Gasteiger partial charge in [-0.05, 0) is 73.2 Å². The number of fused-ring (bicyclic) bond motifs is 1. The van der Waals surface area contributed by atoms with E-state index in [0.29, 0.717) is 0 Å². The minimum absolute atomic E-state index is 0.937. The summed E-state index contributed by atoms with van der Waals surface area (Å²) in [5.41, 5.74) is 8.63. The van der Waals surface area contributed by atoms with Gasteiger partial charge in [0, 0.05) is 17.1 Å². The molecule has 0 spiro atoms. The fourth-order valence-electron chi connectivity index (χ4n) is 3.31. The highest BCUT2D eigenvalue weighted by Gasteiger charge is 2.15. The van der Waals surface area contributed by atoms with Gasteiger partial charge in [-0.1, -0.05) is 55.6 Å². The lowest BCUT2D eigenvalue weighted by molar-refractivity contribution is 0.840. The van der Waals surface area contributed by atoms with Crippen LogP contribution in [0.15, 0.2) is 91.3 Å². The van der Waals surface area contributed by atoms with Crippen LogP contribution in [0, 0.1) is 0 Å². The Balaban J connectivity index is 2.02. The molecule has 126 valence electrons. The Bertz CT molecular complexity index is 867. The number of allylic oxidation sites excluding steroid dienone is 5. The van der Waals surface area contributed by atoms with Gasteiger partial charge in [0.05, 0.1) is 0 Å². The van der Waals surface area contributed by atoms with Crippen molar-refractivity contribution in [1.29, 1.82) is 0 Å². The second-order valence-electron chi connectivity index (χ2n) is 6.40. The highest BCUT2D eigenvalue weighted by atomic mass is 15.1. The molecule has 0 N–H and O–H groups in total. The smallest absolute Gasteiger partial charge is 0.0464 e. The lowest BCUT2D eigenvalue weighted by Gasteiger charge is -2.27. The molecule has 1 aliphatic rings. The molecule has 0 aromatic heterocycles. The van der Waals surface area contributed by atoms with Gasteiger partial charge in [0.15, 0.2) is 0 Å². The van der Waals surface area contributed by atoms with Gasteiger partial charge in [0.1, 0.15) is 0 Å². The van der Waals surface area contributed by atoms with Crippen molar-refractivity contribution in [3.63, 3.8) is 0 Å². The average molecular weight is 327 g/mol. The van der Waals surface area contributed by atoms with Crippen molar-refractivity contribution in [1.82, 2.24) is 0 Å². The van der Waals surface area contributed by atoms with E-state index >= 15 is 0 Å². The Kier molecular flexibility index (Phi) is 5.04. The third-order valence-corrected chi connectivity index (χ3v) is 4.67. The van der Waals surface area contributed by atoms with E-state index < -0.39 is 0 Å². The van der Waals surface area contributed by atoms with E-state index in [-0.39, 0.29) is 0 Å². The van der Waals surface area contributed by atoms with Crippen molar-refractivity contribution in [2.75, 3.05) is 4.90 Å². The zero-order chi connectivity index (χ0) is 17.8. The van der Waals surface area contributed by atoms with E-state index in [1.165, 1.54) is 35.1 Å². The molecule has 1 nitrogen and oxygen atoms in total. The number of aryl methyl sites for hydroxylation is 2. The molecule has 0 saturated carbocycles. The molecule has 3 rings (SSSR count). The van der Waals surface area contributed by atoms with Crippen LogP contribution in [0.5, 0.6) is 0 Å². The second-order valence-corrected chi connectivity index (χ2v) is 6.40. The lowest BCUT2D eigenvalue weighted by Crippen LogP contribution is -2.18. The Morgan fingerprint density at radius 1 is 1.04 bits per heavy atom. The first-order valence-corrected chi connectivity index (χ1v) is 8.77. The molecule has 25 heavy (non-hydrogen) atoms. The average Bonchev–Trinajstić information content (AvgIpc) is 2.57. The fourth-order valence-corrected chi connectivity index (χ4v) is 3.31. The normalized spacial score (nSPS) is 13.3. The van der Waals surface area contributed by atoms with Crippen LogP contribution < -0.4 is 4.90 Å². The summed E-state index contributed by atoms with van der Waals surface area (Å²) in [4.78, 5) is 2.16. The van der Waals surface area contributed by atoms with Crippen molar-refractivity contribution in [3.8, 4) is 11.1 Å². The topological polar surface area (TPSA) is 3.24 Å². The predicted octanol–water partition coefficient (Wildman–Crippen LogP) is 6.44. The highest BCUT2D eigenvalue weighted by molar-refractivity contribution is 5.72. The highest BCUT2D eigenvalue weighted by Crippen LogP contribution is 2.32. The van der Waals surface area contributed by atoms with Crippen LogP contribution in [-0.2, 0) is 12.8 Å². The minimum atomic E-state index is 0.937. The van der Waals surface area contributed by atoms with E-state index in [1.807, 2.05) is 31.2 Å². The van der Waals surface area contributed by atoms with Gasteiger partial charge in [-0.2, -0.15) is 0 Å². The quantitative estimate of drug-likeness (QED) is 0.552. The molecule has 0 unspecified atom stereocenters. The number of nitrogens with zero attached hydrogens (tertiary/aromatic N) is 1. The Hall–Kier alpha value is -2.80. The summed E-state index contributed by atoms with van der Waals surface area (Å²) >= 11 is 0. The van der Waals surface area contributed by atoms with Crippen LogP contribution in [0.1, 0.15) is 25.0 Å². The molecule has 2 aromatic carbocycles. The number of hydrogen-bond donors (Lipinski definition) is 0. The molecule has 0 atom stereocenters. The van der Waals surface area contributed by atoms with Gasteiger partial charge in [-0.15, -0.1) is 0 Å². The van der Waals surface area contributed by atoms with Crippen molar-refractivity contribution in [3.05, 3.63) is 102 Å². The van der Waals surface area contributed by atoms with Gasteiger partial charge in [-0.25, -0.2) is 0 Å². The maximum absolute atomic E-state index is 4.23. The van der Waals surface area contributed by atoms with Gasteiger partial charge < -0.3 is 4.90 Å². The molecule has 0 saturated heterocycles. The molecule has 0 amide bonds. The summed E-state index contributed by atoms with van der Waals surface area (Å²) in [5.74, 6) is 0. The van der Waals surface area contributed by atoms with Gasteiger partial charge in [0.2, 0.25) is 0 Å². The Morgan fingerprint density at radius 3 is 2.44 bits per heavy atom. The third kappa shape index (κ3) is 3.51. The molecule has 2 aromatic rings. The van der Waals surface area contributed by atoms with E-state index in [2.05, 4.69) is 67.4 Å². The molecule has 0 bridgehead atoms. The van der Waals surface area contributed by atoms with Crippen LogP contribution >= 0.6 is 0 Å². The van der Waals surface area contributed by atoms with Gasteiger partial charge in [-0.3, -0.25) is 0 Å². The minimum Gasteiger partial charge on any atom is -0.315 e. The number of anilines is 1. The molecule has 0 heterocycles. The summed E-state index contributed by atoms with van der Waals surface area (Å²) in [6, 6.07) is 15.5. The standard InChI is InChI=1S/C24H25N/c1-5-8-18(3)25(19(4)9-6-2)24-11-7-10-21(17-24)23-15-13-20-12-14-22(20)16-23/h5-11,13,15-17H,1,4,12,14H2,2-3H3/b9-6-,18-8+. The fraction of sp³-hybridized carbons (Fsp3) is 0.167. The molecule has 1 aliphatic carbocycles. The second kappa shape index (κ2) is 7.40. The summed E-state index contributed by atoms with van der Waals surface area (Å²) in [7, 11) is 0. The van der Waals surface area contributed by atoms with Crippen LogP contribution in [0.3, 0.4) is 0 Å². The largest absolute Gasteiger partial charge is 0.315 e. The van der Waals surface area contributed by atoms with Crippen molar-refractivity contribution in [2.45, 2.75) is 26.7 Å². The first-order chi connectivity index (χ1) is 12.1. The number of hydrogen-bond acceptors (Lipinski definition) is 1. The zero-order valence-electron chi connectivity index (χ0n) is 15.1. The number of rotatable bonds is 6. The van der Waals surface area contributed by atoms with Crippen LogP contribution in [0.2, 0.25) is 0 Å². The lowest BCUT2D eigenvalue weighted by atomic mass is 9.86. The molecular weight excluding hydrogens is 302 g/mol. The Labute approximate surface area is 151 Å². The first kappa shape index (κ1) is 17.0. The third-order valence-electron chi connectivity index (χ3n) is 4.67. The first-order valence-electron chi connectivity index (χ1n) is 8.77. The van der Waals surface area contributed by atoms with Crippen LogP contribution in [-0.4, -0.2) is 0 Å². The monoisotopic (exact) mass is 327 g/mol. The van der Waals surface area contributed by atoms with E-state index in [1.54, 1.807) is 0 Å². The molecule has 0 fully saturated rings. The zero-order valence-corrected chi connectivity index (χ0v) is 15.1. The molecule has 1 heteroatoms.